The van der Waals surface area contributed by atoms with Gasteiger partial charge in [-0.25, -0.2) is 4.98 Å². The molecule has 0 aliphatic rings. The van der Waals surface area contributed by atoms with Crippen molar-refractivity contribution in [2.24, 2.45) is 0 Å². The number of hydrogen-bond donors (Lipinski definition) is 2. The monoisotopic (exact) mass is 340 g/mol. The molecule has 0 spiro atoms. The molecule has 1 heterocycles. The fourth-order valence-corrected chi connectivity index (χ4v) is 1.98. The Labute approximate surface area is 138 Å². The van der Waals surface area contributed by atoms with E-state index in [2.05, 4.69) is 20.6 Å². The van der Waals surface area contributed by atoms with Gasteiger partial charge in [-0.1, -0.05) is 12.1 Å². The van der Waals surface area contributed by atoms with E-state index in [0.717, 1.165) is 11.6 Å². The second-order valence-corrected chi connectivity index (χ2v) is 5.46. The van der Waals surface area contributed by atoms with Crippen molar-refractivity contribution in [3.8, 4) is 5.75 Å². The number of rotatable bonds is 6. The van der Waals surface area contributed by atoms with Crippen LogP contribution < -0.4 is 15.4 Å². The third-order valence-corrected chi connectivity index (χ3v) is 3.04. The Morgan fingerprint density at radius 3 is 2.54 bits per heavy atom. The van der Waals surface area contributed by atoms with Crippen molar-refractivity contribution in [3.05, 3.63) is 41.6 Å². The summed E-state index contributed by atoms with van der Waals surface area (Å²) in [6.45, 7) is 3.91. The quantitative estimate of drug-likeness (QED) is 0.834. The van der Waals surface area contributed by atoms with Gasteiger partial charge in [-0.3, -0.25) is 0 Å². The van der Waals surface area contributed by atoms with Crippen LogP contribution >= 0.6 is 0 Å². The van der Waals surface area contributed by atoms with Crippen LogP contribution in [0.4, 0.5) is 24.9 Å². The number of aromatic nitrogens is 2. The number of ether oxygens (including phenoxy) is 1. The summed E-state index contributed by atoms with van der Waals surface area (Å²) in [6.07, 6.45) is -4.54. The second kappa shape index (κ2) is 7.37. The Morgan fingerprint density at radius 1 is 1.17 bits per heavy atom. The summed E-state index contributed by atoms with van der Waals surface area (Å²) >= 11 is 0. The number of methoxy groups -OCH3 is 1. The zero-order valence-electron chi connectivity index (χ0n) is 13.6. The van der Waals surface area contributed by atoms with Crippen LogP contribution in [0.5, 0.6) is 5.75 Å². The van der Waals surface area contributed by atoms with Crippen LogP contribution in [-0.4, -0.2) is 23.1 Å². The van der Waals surface area contributed by atoms with Gasteiger partial charge in [-0.15, -0.1) is 0 Å². The van der Waals surface area contributed by atoms with Crippen molar-refractivity contribution in [2.45, 2.75) is 32.6 Å². The molecule has 0 saturated heterocycles. The summed E-state index contributed by atoms with van der Waals surface area (Å²) in [5.41, 5.74) is -0.131. The van der Waals surface area contributed by atoms with Crippen LogP contribution in [0.25, 0.3) is 0 Å². The smallest absolute Gasteiger partial charge is 0.433 e. The first-order valence-electron chi connectivity index (χ1n) is 7.37. The van der Waals surface area contributed by atoms with Crippen molar-refractivity contribution in [3.63, 3.8) is 0 Å². The molecular weight excluding hydrogens is 321 g/mol. The molecule has 0 atom stereocenters. The summed E-state index contributed by atoms with van der Waals surface area (Å²) in [6, 6.07) is 8.05. The zero-order chi connectivity index (χ0) is 17.7. The van der Waals surface area contributed by atoms with Crippen molar-refractivity contribution in [2.75, 3.05) is 17.7 Å². The maximum Gasteiger partial charge on any atom is 0.433 e. The minimum absolute atomic E-state index is 0.0621. The number of anilines is 2. The van der Waals surface area contributed by atoms with E-state index in [4.69, 9.17) is 4.74 Å². The highest BCUT2D eigenvalue weighted by molar-refractivity contribution is 5.44. The molecule has 1 aromatic carbocycles. The molecule has 1 aromatic heterocycles. The molecule has 0 aliphatic carbocycles. The maximum absolute atomic E-state index is 13.0. The van der Waals surface area contributed by atoms with Gasteiger partial charge in [0.25, 0.3) is 0 Å². The number of hydrogen-bond acceptors (Lipinski definition) is 5. The van der Waals surface area contributed by atoms with Crippen molar-refractivity contribution in [1.82, 2.24) is 9.97 Å². The third kappa shape index (κ3) is 5.00. The second-order valence-electron chi connectivity index (χ2n) is 5.46. The molecule has 0 fully saturated rings. The molecule has 2 aromatic rings. The first-order chi connectivity index (χ1) is 11.3. The van der Waals surface area contributed by atoms with E-state index < -0.39 is 11.9 Å². The fourth-order valence-electron chi connectivity index (χ4n) is 1.98. The van der Waals surface area contributed by atoms with E-state index in [1.807, 2.05) is 12.1 Å². The minimum atomic E-state index is -4.54. The molecule has 2 rings (SSSR count). The third-order valence-electron chi connectivity index (χ3n) is 3.04. The average Bonchev–Trinajstić information content (AvgIpc) is 2.51. The van der Waals surface area contributed by atoms with E-state index in [1.165, 1.54) is 0 Å². The van der Waals surface area contributed by atoms with Crippen molar-refractivity contribution < 1.29 is 17.9 Å². The first kappa shape index (κ1) is 17.8. The normalized spacial score (nSPS) is 11.5. The number of benzene rings is 1. The molecule has 5 nitrogen and oxygen atoms in total. The van der Waals surface area contributed by atoms with Crippen LogP contribution in [0.15, 0.2) is 30.3 Å². The van der Waals surface area contributed by atoms with Crippen LogP contribution in [0, 0.1) is 0 Å². The van der Waals surface area contributed by atoms with Gasteiger partial charge in [0.05, 0.1) is 7.11 Å². The number of halogens is 3. The molecule has 130 valence electrons. The number of nitrogens with one attached hydrogen (secondary N) is 2. The Kier molecular flexibility index (Phi) is 5.48. The highest BCUT2D eigenvalue weighted by atomic mass is 19.4. The van der Waals surface area contributed by atoms with Gasteiger partial charge >= 0.3 is 6.18 Å². The number of alkyl halides is 3. The Morgan fingerprint density at radius 2 is 1.92 bits per heavy atom. The van der Waals surface area contributed by atoms with E-state index in [1.54, 1.807) is 33.1 Å². The van der Waals surface area contributed by atoms with Gasteiger partial charge in [0, 0.05) is 18.7 Å². The molecule has 0 aliphatic heterocycles. The molecule has 0 radical (unpaired) electrons. The lowest BCUT2D eigenvalue weighted by Gasteiger charge is -2.14. The average molecular weight is 340 g/mol. The molecule has 2 N–H and O–H groups in total. The largest absolute Gasteiger partial charge is 0.497 e. The first-order valence-corrected chi connectivity index (χ1v) is 7.37. The van der Waals surface area contributed by atoms with Crippen LogP contribution in [0.2, 0.25) is 0 Å². The van der Waals surface area contributed by atoms with E-state index in [9.17, 15) is 13.2 Å². The fraction of sp³-hybridized carbons (Fsp3) is 0.375. The summed E-state index contributed by atoms with van der Waals surface area (Å²) in [7, 11) is 1.55. The SMILES string of the molecule is COc1cccc(CNc2cc(C(F)(F)F)nc(NC(C)C)n2)c1. The Bertz CT molecular complexity index is 689. The Hall–Kier alpha value is -2.51. The summed E-state index contributed by atoms with van der Waals surface area (Å²) in [5, 5.41) is 5.68. The van der Waals surface area contributed by atoms with Crippen LogP contribution in [-0.2, 0) is 12.7 Å². The molecule has 0 bridgehead atoms. The van der Waals surface area contributed by atoms with E-state index in [-0.39, 0.29) is 17.8 Å². The lowest BCUT2D eigenvalue weighted by molar-refractivity contribution is -0.141. The zero-order valence-corrected chi connectivity index (χ0v) is 13.6. The minimum Gasteiger partial charge on any atom is -0.497 e. The Balaban J connectivity index is 2.21. The molecule has 0 saturated carbocycles. The molecule has 8 heteroatoms. The molecular formula is C16H19F3N4O. The summed E-state index contributed by atoms with van der Waals surface area (Å²) in [5.74, 6) is 0.714. The van der Waals surface area contributed by atoms with E-state index in [0.29, 0.717) is 12.3 Å². The molecule has 24 heavy (non-hydrogen) atoms. The topological polar surface area (TPSA) is 59.1 Å². The van der Waals surface area contributed by atoms with Gasteiger partial charge in [-0.2, -0.15) is 18.2 Å². The molecule has 0 amide bonds. The van der Waals surface area contributed by atoms with E-state index >= 15 is 0 Å². The van der Waals surface area contributed by atoms with Crippen LogP contribution in [0.1, 0.15) is 25.1 Å². The predicted molar refractivity (Wildman–Crippen MR) is 86.1 cm³/mol. The summed E-state index contributed by atoms with van der Waals surface area (Å²) in [4.78, 5) is 7.60. The lowest BCUT2D eigenvalue weighted by atomic mass is 10.2. The van der Waals surface area contributed by atoms with Gasteiger partial charge < -0.3 is 15.4 Å². The van der Waals surface area contributed by atoms with Crippen molar-refractivity contribution >= 4 is 11.8 Å². The van der Waals surface area contributed by atoms with Crippen LogP contribution in [0.3, 0.4) is 0 Å². The highest BCUT2D eigenvalue weighted by Gasteiger charge is 2.33. The maximum atomic E-state index is 13.0. The van der Waals surface area contributed by atoms with Gasteiger partial charge in [0.1, 0.15) is 11.6 Å². The van der Waals surface area contributed by atoms with Gasteiger partial charge in [-0.05, 0) is 31.5 Å². The van der Waals surface area contributed by atoms with Crippen molar-refractivity contribution in [1.29, 1.82) is 0 Å². The summed E-state index contributed by atoms with van der Waals surface area (Å²) < 4.78 is 44.1. The lowest BCUT2D eigenvalue weighted by Crippen LogP contribution is -2.17. The van der Waals surface area contributed by atoms with Gasteiger partial charge in [0.15, 0.2) is 5.69 Å². The number of nitrogens with zero attached hydrogens (tertiary/aromatic N) is 2. The molecule has 0 unspecified atom stereocenters. The standard InChI is InChI=1S/C16H19F3N4O/c1-10(2)21-15-22-13(16(17,18)19)8-14(23-15)20-9-11-5-4-6-12(7-11)24-3/h4-8,10H,9H2,1-3H3,(H2,20,21,22,23). The predicted octanol–water partition coefficient (Wildman–Crippen LogP) is 3.94. The van der Waals surface area contributed by atoms with Gasteiger partial charge in [0.2, 0.25) is 5.95 Å². The highest BCUT2D eigenvalue weighted by Crippen LogP contribution is 2.30.